The summed E-state index contributed by atoms with van der Waals surface area (Å²) in [7, 11) is 3.77. The number of likely N-dealkylation sites (N-methyl/N-ethyl adjacent to an activating group) is 1. The van der Waals surface area contributed by atoms with Crippen molar-refractivity contribution in [2.24, 2.45) is 0 Å². The van der Waals surface area contributed by atoms with E-state index in [-0.39, 0.29) is 11.8 Å². The summed E-state index contributed by atoms with van der Waals surface area (Å²) in [6.07, 6.45) is 3.57. The van der Waals surface area contributed by atoms with Crippen molar-refractivity contribution in [3.8, 4) is 0 Å². The van der Waals surface area contributed by atoms with Crippen LogP contribution in [0.15, 0.2) is 0 Å². The maximum absolute atomic E-state index is 11.5. The number of hydrogen-bond donors (Lipinski definition) is 2. The normalized spacial score (nSPS) is 12.8. The van der Waals surface area contributed by atoms with Crippen molar-refractivity contribution in [2.75, 3.05) is 26.5 Å². The summed E-state index contributed by atoms with van der Waals surface area (Å²) in [4.78, 5) is 11.5. The molecule has 84 valence electrons. The minimum atomic E-state index is -0.00870. The van der Waals surface area contributed by atoms with Gasteiger partial charge in [0.15, 0.2) is 5.78 Å². The lowest BCUT2D eigenvalue weighted by atomic mass is 10.0. The maximum atomic E-state index is 11.5. The first-order valence-corrected chi connectivity index (χ1v) is 5.70. The number of ketones is 1. The van der Waals surface area contributed by atoms with E-state index in [1.54, 1.807) is 0 Å². The number of carbonyl (C=O) groups is 1. The second-order valence-electron chi connectivity index (χ2n) is 3.35. The molecule has 0 aromatic heterocycles. The Balaban J connectivity index is 3.62. The third kappa shape index (κ3) is 6.35. The van der Waals surface area contributed by atoms with Crippen molar-refractivity contribution in [1.29, 1.82) is 0 Å². The van der Waals surface area contributed by atoms with E-state index in [2.05, 4.69) is 10.6 Å². The molecule has 0 amide bonds. The summed E-state index contributed by atoms with van der Waals surface area (Å²) in [5.41, 5.74) is 0. The van der Waals surface area contributed by atoms with Gasteiger partial charge in [0.2, 0.25) is 0 Å². The number of unbranched alkanes of at least 4 members (excludes halogenated alkanes) is 1. The van der Waals surface area contributed by atoms with Crippen molar-refractivity contribution in [3.05, 3.63) is 0 Å². The largest absolute Gasteiger partial charge is 0.320 e. The van der Waals surface area contributed by atoms with Gasteiger partial charge in [-0.3, -0.25) is 4.79 Å². The summed E-state index contributed by atoms with van der Waals surface area (Å²) >= 11 is 5.52. The molecule has 0 aliphatic rings. The number of carbonyl (C=O) groups excluding carboxylic acids is 1. The second-order valence-corrected chi connectivity index (χ2v) is 3.72. The Hall–Kier alpha value is -0.120. The predicted octanol–water partition coefficient (Wildman–Crippen LogP) is 1.16. The molecular weight excluding hydrogens is 200 g/mol. The van der Waals surface area contributed by atoms with E-state index in [0.29, 0.717) is 12.3 Å². The SMILES string of the molecule is CNCCCC[C@H](NC)C(=O)CCCl. The Labute approximate surface area is 91.6 Å². The van der Waals surface area contributed by atoms with Crippen molar-refractivity contribution in [2.45, 2.75) is 31.7 Å². The number of Topliss-reactive ketones (excluding diaryl/α,β-unsaturated/α-hetero) is 1. The second kappa shape index (κ2) is 9.44. The van der Waals surface area contributed by atoms with Crippen molar-refractivity contribution in [3.63, 3.8) is 0 Å². The van der Waals surface area contributed by atoms with Gasteiger partial charge in [0.05, 0.1) is 6.04 Å². The topological polar surface area (TPSA) is 41.1 Å². The van der Waals surface area contributed by atoms with Crippen molar-refractivity contribution in [1.82, 2.24) is 10.6 Å². The number of alkyl halides is 1. The van der Waals surface area contributed by atoms with E-state index < -0.39 is 0 Å². The number of halogens is 1. The van der Waals surface area contributed by atoms with Gasteiger partial charge >= 0.3 is 0 Å². The fraction of sp³-hybridized carbons (Fsp3) is 0.900. The number of hydrogen-bond acceptors (Lipinski definition) is 3. The lowest BCUT2D eigenvalue weighted by molar-refractivity contribution is -0.120. The molecule has 0 spiro atoms. The zero-order valence-electron chi connectivity index (χ0n) is 9.11. The standard InChI is InChI=1S/C10H21ClN2O/c1-12-8-4-3-5-9(13-2)10(14)6-7-11/h9,12-13H,3-8H2,1-2H3/t9-/m0/s1. The molecule has 0 fully saturated rings. The van der Waals surface area contributed by atoms with Gasteiger partial charge in [-0.25, -0.2) is 0 Å². The van der Waals surface area contributed by atoms with Crippen LogP contribution in [0.5, 0.6) is 0 Å². The summed E-state index contributed by atoms with van der Waals surface area (Å²) in [6.45, 7) is 1.01. The molecule has 4 heteroatoms. The van der Waals surface area contributed by atoms with Gasteiger partial charge in [0, 0.05) is 12.3 Å². The van der Waals surface area contributed by atoms with E-state index in [1.807, 2.05) is 14.1 Å². The first-order valence-electron chi connectivity index (χ1n) is 5.16. The molecule has 0 saturated carbocycles. The Kier molecular flexibility index (Phi) is 9.35. The summed E-state index contributed by atoms with van der Waals surface area (Å²) in [6, 6.07) is -0.00870. The minimum Gasteiger partial charge on any atom is -0.320 e. The predicted molar refractivity (Wildman–Crippen MR) is 61.0 cm³/mol. The first kappa shape index (κ1) is 13.9. The van der Waals surface area contributed by atoms with Gasteiger partial charge in [-0.15, -0.1) is 11.6 Å². The molecule has 0 aliphatic heterocycles. The molecule has 0 bridgehead atoms. The van der Waals surface area contributed by atoms with Crippen LogP contribution in [0.2, 0.25) is 0 Å². The molecule has 0 saturated heterocycles. The fourth-order valence-corrected chi connectivity index (χ4v) is 1.57. The fourth-order valence-electron chi connectivity index (χ4n) is 1.38. The lowest BCUT2D eigenvalue weighted by Crippen LogP contribution is -2.34. The van der Waals surface area contributed by atoms with Gasteiger partial charge in [-0.2, -0.15) is 0 Å². The van der Waals surface area contributed by atoms with Gasteiger partial charge in [0.1, 0.15) is 0 Å². The first-order chi connectivity index (χ1) is 6.76. The quantitative estimate of drug-likeness (QED) is 0.453. The minimum absolute atomic E-state index is 0.00870. The van der Waals surface area contributed by atoms with Crippen molar-refractivity contribution >= 4 is 17.4 Å². The molecule has 0 unspecified atom stereocenters. The highest BCUT2D eigenvalue weighted by Crippen LogP contribution is 2.04. The van der Waals surface area contributed by atoms with Gasteiger partial charge in [0.25, 0.3) is 0 Å². The molecule has 0 aliphatic carbocycles. The van der Waals surface area contributed by atoms with Crippen LogP contribution in [0.1, 0.15) is 25.7 Å². The Bertz CT molecular complexity index is 153. The monoisotopic (exact) mass is 220 g/mol. The molecule has 0 aromatic rings. The van der Waals surface area contributed by atoms with Crippen LogP contribution in [-0.2, 0) is 4.79 Å². The molecule has 0 aromatic carbocycles. The van der Waals surface area contributed by atoms with Crippen LogP contribution in [0.3, 0.4) is 0 Å². The number of nitrogens with one attached hydrogen (secondary N) is 2. The van der Waals surface area contributed by atoms with Crippen LogP contribution in [0, 0.1) is 0 Å². The van der Waals surface area contributed by atoms with E-state index in [4.69, 9.17) is 11.6 Å². The average Bonchev–Trinajstić information content (AvgIpc) is 2.18. The highest BCUT2D eigenvalue weighted by atomic mass is 35.5. The summed E-state index contributed by atoms with van der Waals surface area (Å²) in [5, 5.41) is 6.12. The van der Waals surface area contributed by atoms with Crippen LogP contribution >= 0.6 is 11.6 Å². The van der Waals surface area contributed by atoms with Gasteiger partial charge in [-0.05, 0) is 33.5 Å². The smallest absolute Gasteiger partial charge is 0.150 e. The van der Waals surface area contributed by atoms with Crippen LogP contribution in [0.25, 0.3) is 0 Å². The van der Waals surface area contributed by atoms with E-state index >= 15 is 0 Å². The Morgan fingerprint density at radius 2 is 2.07 bits per heavy atom. The molecular formula is C10H21ClN2O. The zero-order valence-corrected chi connectivity index (χ0v) is 9.86. The van der Waals surface area contributed by atoms with Crippen LogP contribution in [0.4, 0.5) is 0 Å². The molecule has 0 radical (unpaired) electrons. The van der Waals surface area contributed by atoms with E-state index in [9.17, 15) is 4.79 Å². The summed E-state index contributed by atoms with van der Waals surface area (Å²) in [5.74, 6) is 0.653. The van der Waals surface area contributed by atoms with Crippen LogP contribution < -0.4 is 10.6 Å². The molecule has 1 atom stereocenters. The van der Waals surface area contributed by atoms with E-state index in [0.717, 1.165) is 25.8 Å². The maximum Gasteiger partial charge on any atom is 0.150 e. The average molecular weight is 221 g/mol. The Morgan fingerprint density at radius 3 is 2.57 bits per heavy atom. The van der Waals surface area contributed by atoms with Crippen molar-refractivity contribution < 1.29 is 4.79 Å². The zero-order chi connectivity index (χ0) is 10.8. The molecule has 0 rings (SSSR count). The summed E-state index contributed by atoms with van der Waals surface area (Å²) < 4.78 is 0. The highest BCUT2D eigenvalue weighted by molar-refractivity contribution is 6.19. The molecule has 14 heavy (non-hydrogen) atoms. The third-order valence-electron chi connectivity index (χ3n) is 2.25. The lowest BCUT2D eigenvalue weighted by Gasteiger charge is -2.13. The van der Waals surface area contributed by atoms with Crippen LogP contribution in [-0.4, -0.2) is 38.3 Å². The molecule has 2 N–H and O–H groups in total. The van der Waals surface area contributed by atoms with Gasteiger partial charge in [-0.1, -0.05) is 6.42 Å². The number of rotatable bonds is 9. The van der Waals surface area contributed by atoms with Gasteiger partial charge < -0.3 is 10.6 Å². The molecule has 0 heterocycles. The highest BCUT2D eigenvalue weighted by Gasteiger charge is 2.14. The third-order valence-corrected chi connectivity index (χ3v) is 2.44. The van der Waals surface area contributed by atoms with E-state index in [1.165, 1.54) is 0 Å². The Morgan fingerprint density at radius 1 is 1.36 bits per heavy atom. The molecule has 3 nitrogen and oxygen atoms in total.